The van der Waals surface area contributed by atoms with Crippen LogP contribution in [-0.4, -0.2) is 84.6 Å². The molecule has 1 aliphatic rings. The summed E-state index contributed by atoms with van der Waals surface area (Å²) in [5.74, 6) is -0.735. The fourth-order valence-corrected chi connectivity index (χ4v) is 4.53. The van der Waals surface area contributed by atoms with Gasteiger partial charge in [0.05, 0.1) is 41.6 Å². The zero-order valence-corrected chi connectivity index (χ0v) is 31.4. The third-order valence-corrected chi connectivity index (χ3v) is 7.60. The number of rotatable bonds is 12. The molecule has 4 rings (SSSR count). The minimum Gasteiger partial charge on any atom is -0.390 e. The van der Waals surface area contributed by atoms with Gasteiger partial charge in [-0.05, 0) is 41.5 Å². The van der Waals surface area contributed by atoms with Crippen LogP contribution in [0.25, 0.3) is 11.3 Å². The molecule has 2 aromatic carbocycles. The number of aldehydes is 1. The molecule has 54 heavy (non-hydrogen) atoms. The van der Waals surface area contributed by atoms with Crippen molar-refractivity contribution < 1.29 is 36.3 Å². The number of hydrogen-bond acceptors (Lipinski definition) is 7. The number of carbonyl (C=O) groups excluding carboxylic acids is 2. The van der Waals surface area contributed by atoms with Crippen molar-refractivity contribution >= 4 is 48.1 Å². The number of amidine groups is 1. The van der Waals surface area contributed by atoms with Gasteiger partial charge in [0.2, 0.25) is 6.41 Å². The van der Waals surface area contributed by atoms with E-state index in [0.29, 0.717) is 28.5 Å². The van der Waals surface area contributed by atoms with Crippen LogP contribution in [0.4, 0.5) is 27.6 Å². The van der Waals surface area contributed by atoms with Crippen molar-refractivity contribution in [3.05, 3.63) is 77.2 Å². The van der Waals surface area contributed by atoms with Gasteiger partial charge >= 0.3 is 6.18 Å². The van der Waals surface area contributed by atoms with Crippen molar-refractivity contribution in [2.24, 2.45) is 31.9 Å². The lowest BCUT2D eigenvalue weighted by molar-refractivity contribution is -0.167. The van der Waals surface area contributed by atoms with E-state index in [1.54, 1.807) is 54.1 Å². The molecular formula is C36H45ClF5N9O3. The number of aromatic nitrogens is 2. The SMILES string of the molecule is CC(C)(C)C.COCC(c1ccc(Cl)c(N=C(N=CN)C(F)F)c1)N(C)C(N)=NC(C=O)c1ccc(-c2cnccn2)cc1.O=CNC1(C(F)(F)F)CC1. The molecule has 2 unspecified atom stereocenters. The second-order valence-corrected chi connectivity index (χ2v) is 13.9. The molecule has 18 heteroatoms. The Kier molecular flexibility index (Phi) is 17.1. The number of carbonyl (C=O) groups is 2. The molecule has 12 nitrogen and oxygen atoms in total. The molecule has 3 aromatic rings. The van der Waals surface area contributed by atoms with E-state index < -0.39 is 36.1 Å². The second kappa shape index (κ2) is 20.4. The summed E-state index contributed by atoms with van der Waals surface area (Å²) >= 11 is 6.20. The smallest absolute Gasteiger partial charge is 0.390 e. The average Bonchev–Trinajstić information content (AvgIpc) is 3.91. The number of ether oxygens (including phenoxy) is 1. The first kappa shape index (κ1) is 45.1. The number of methoxy groups -OCH3 is 1. The van der Waals surface area contributed by atoms with Crippen molar-refractivity contribution in [3.63, 3.8) is 0 Å². The van der Waals surface area contributed by atoms with Crippen LogP contribution in [0.2, 0.25) is 5.02 Å². The molecule has 5 N–H and O–H groups in total. The number of amides is 1. The number of guanidine groups is 1. The number of aliphatic imine (C=N–C) groups is 3. The molecule has 2 atom stereocenters. The number of nitrogens with two attached hydrogens (primary N) is 2. The Labute approximate surface area is 316 Å². The summed E-state index contributed by atoms with van der Waals surface area (Å²) < 4.78 is 67.5. The molecule has 0 saturated heterocycles. The van der Waals surface area contributed by atoms with Gasteiger partial charge < -0.3 is 31.2 Å². The second-order valence-electron chi connectivity index (χ2n) is 13.5. The monoisotopic (exact) mass is 781 g/mol. The quantitative estimate of drug-likeness (QED) is 0.0776. The van der Waals surface area contributed by atoms with E-state index in [9.17, 15) is 31.5 Å². The van der Waals surface area contributed by atoms with E-state index in [4.69, 9.17) is 27.8 Å². The normalized spacial score (nSPS) is 15.3. The van der Waals surface area contributed by atoms with Gasteiger partial charge in [0.15, 0.2) is 11.8 Å². The van der Waals surface area contributed by atoms with Gasteiger partial charge in [0.1, 0.15) is 17.9 Å². The first-order valence-corrected chi connectivity index (χ1v) is 16.7. The molecule has 294 valence electrons. The number of hydrogen-bond donors (Lipinski definition) is 3. The van der Waals surface area contributed by atoms with Gasteiger partial charge in [-0.2, -0.15) is 13.2 Å². The summed E-state index contributed by atoms with van der Waals surface area (Å²) in [5, 5.41) is 1.90. The maximum absolute atomic E-state index is 13.3. The number of alkyl halides is 5. The number of nitrogens with zero attached hydrogens (tertiary/aromatic N) is 6. The lowest BCUT2D eigenvalue weighted by Crippen LogP contribution is -2.44. The molecule has 1 saturated carbocycles. The molecule has 1 aliphatic carbocycles. The van der Waals surface area contributed by atoms with Crippen LogP contribution in [0, 0.1) is 5.41 Å². The van der Waals surface area contributed by atoms with Gasteiger partial charge in [0, 0.05) is 32.1 Å². The Morgan fingerprint density at radius 1 is 1.07 bits per heavy atom. The predicted molar refractivity (Wildman–Crippen MR) is 200 cm³/mol. The molecule has 1 heterocycles. The highest BCUT2D eigenvalue weighted by Gasteiger charge is 2.63. The summed E-state index contributed by atoms with van der Waals surface area (Å²) in [6.45, 7) is 8.90. The first-order valence-electron chi connectivity index (χ1n) is 16.4. The van der Waals surface area contributed by atoms with Gasteiger partial charge in [-0.15, -0.1) is 0 Å². The minimum atomic E-state index is -4.28. The van der Waals surface area contributed by atoms with Crippen LogP contribution < -0.4 is 16.8 Å². The Balaban J connectivity index is 0.000000558. The van der Waals surface area contributed by atoms with Crippen molar-refractivity contribution in [3.8, 4) is 11.3 Å². The lowest BCUT2D eigenvalue weighted by atomic mass is 10.0. The molecule has 1 amide bonds. The number of nitrogens with one attached hydrogen (secondary N) is 1. The predicted octanol–water partition coefficient (Wildman–Crippen LogP) is 6.83. The maximum atomic E-state index is 13.3. The van der Waals surface area contributed by atoms with Gasteiger partial charge in [-0.1, -0.05) is 69.6 Å². The summed E-state index contributed by atoms with van der Waals surface area (Å²) in [6.07, 6.45) is -0.896. The number of benzene rings is 2. The van der Waals surface area contributed by atoms with Gasteiger partial charge in [0.25, 0.3) is 6.43 Å². The minimum absolute atomic E-state index is 0.00917. The third kappa shape index (κ3) is 14.1. The van der Waals surface area contributed by atoms with Gasteiger partial charge in [-0.3, -0.25) is 14.8 Å². The topological polar surface area (TPSA) is 174 Å². The third-order valence-electron chi connectivity index (χ3n) is 7.28. The molecule has 0 aliphatic heterocycles. The van der Waals surface area contributed by atoms with E-state index in [0.717, 1.165) is 11.9 Å². The average molecular weight is 782 g/mol. The van der Waals surface area contributed by atoms with Crippen LogP contribution >= 0.6 is 11.6 Å². The van der Waals surface area contributed by atoms with Gasteiger partial charge in [-0.25, -0.2) is 23.8 Å². The van der Waals surface area contributed by atoms with E-state index in [1.165, 1.54) is 19.2 Å². The van der Waals surface area contributed by atoms with Crippen LogP contribution in [0.1, 0.15) is 63.7 Å². The molecule has 0 bridgehead atoms. The van der Waals surface area contributed by atoms with Crippen molar-refractivity contribution in [2.45, 2.75) is 70.8 Å². The number of likely N-dealkylation sites (N-methyl/N-ethyl adjacent to an activating group) is 1. The summed E-state index contributed by atoms with van der Waals surface area (Å²) in [4.78, 5) is 43.3. The Morgan fingerprint density at radius 3 is 2.13 bits per heavy atom. The Bertz CT molecular complexity index is 1730. The standard InChI is InChI=1S/C26H27ClF2N8O2.C5H6F3NO.C5H12/c1-37(23(14-39-2)18-7-8-19(27)20(11-18)35-25(24(28)29)34-15-30)26(31)36-22(13-38)17-5-3-16(4-6-17)21-12-32-9-10-33-21;6-5(7,8)4(1-2-4)9-3-10;1-5(2,3)4/h3-13,15,22-24H,14H2,1-2H3,(H2,31,36)(H2,30,34,35);3H,1-2H2,(H,9,10);1-4H3. The zero-order chi connectivity index (χ0) is 40.7. The maximum Gasteiger partial charge on any atom is 0.411 e. The Hall–Kier alpha value is -5.03. The number of halogens is 6. The van der Waals surface area contributed by atoms with Crippen molar-refractivity contribution in [2.75, 3.05) is 20.8 Å². The lowest BCUT2D eigenvalue weighted by Gasteiger charge is -2.29. The molecule has 1 fully saturated rings. The zero-order valence-electron chi connectivity index (χ0n) is 30.7. The van der Waals surface area contributed by atoms with E-state index in [-0.39, 0.29) is 42.5 Å². The van der Waals surface area contributed by atoms with Crippen LogP contribution in [0.3, 0.4) is 0 Å². The highest BCUT2D eigenvalue weighted by atomic mass is 35.5. The van der Waals surface area contributed by atoms with E-state index >= 15 is 0 Å². The van der Waals surface area contributed by atoms with Crippen molar-refractivity contribution in [1.82, 2.24) is 20.2 Å². The van der Waals surface area contributed by atoms with Crippen LogP contribution in [0.5, 0.6) is 0 Å². The van der Waals surface area contributed by atoms with Crippen LogP contribution in [0.15, 0.2) is 76.0 Å². The highest BCUT2D eigenvalue weighted by molar-refractivity contribution is 6.33. The fourth-order valence-electron chi connectivity index (χ4n) is 4.37. The largest absolute Gasteiger partial charge is 0.411 e. The molecule has 0 radical (unpaired) electrons. The Morgan fingerprint density at radius 2 is 1.69 bits per heavy atom. The van der Waals surface area contributed by atoms with E-state index in [1.807, 2.05) is 12.1 Å². The molecule has 0 spiro atoms. The fraction of sp³-hybridized carbons (Fsp3) is 0.417. The molecular weight excluding hydrogens is 737 g/mol. The molecule has 1 aromatic heterocycles. The summed E-state index contributed by atoms with van der Waals surface area (Å²) in [6, 6.07) is 10.5. The summed E-state index contributed by atoms with van der Waals surface area (Å²) in [7, 11) is 3.17. The summed E-state index contributed by atoms with van der Waals surface area (Å²) in [5.41, 5.74) is 12.9. The van der Waals surface area contributed by atoms with E-state index in [2.05, 4.69) is 52.6 Å². The highest BCUT2D eigenvalue weighted by Crippen LogP contribution is 2.48. The first-order chi connectivity index (χ1) is 25.3. The van der Waals surface area contributed by atoms with Crippen molar-refractivity contribution in [1.29, 1.82) is 0 Å². The van der Waals surface area contributed by atoms with Crippen LogP contribution in [-0.2, 0) is 14.3 Å².